The number of ether oxygens (including phenoxy) is 2. The highest BCUT2D eigenvalue weighted by atomic mass is 32.1. The Bertz CT molecular complexity index is 1180. The van der Waals surface area contributed by atoms with Crippen molar-refractivity contribution in [3.05, 3.63) is 41.8 Å². The molecule has 4 rings (SSSR count). The summed E-state index contributed by atoms with van der Waals surface area (Å²) < 4.78 is 10.5. The third kappa shape index (κ3) is 5.14. The fourth-order valence-electron chi connectivity index (χ4n) is 5.16. The first kappa shape index (κ1) is 25.8. The number of ketones is 2. The highest BCUT2D eigenvalue weighted by molar-refractivity contribution is 7.15. The summed E-state index contributed by atoms with van der Waals surface area (Å²) in [6.45, 7) is 7.80. The number of carbonyl (C=O) groups is 4. The summed E-state index contributed by atoms with van der Waals surface area (Å²) in [6.07, 6.45) is 5.55. The third-order valence-electron chi connectivity index (χ3n) is 6.59. The van der Waals surface area contributed by atoms with Crippen molar-refractivity contribution in [3.63, 3.8) is 0 Å². The van der Waals surface area contributed by atoms with Gasteiger partial charge in [0.05, 0.1) is 23.7 Å². The monoisotopic (exact) mass is 516 g/mol. The van der Waals surface area contributed by atoms with Crippen molar-refractivity contribution >= 4 is 46.2 Å². The van der Waals surface area contributed by atoms with Gasteiger partial charge in [-0.3, -0.25) is 9.59 Å². The number of esters is 2. The van der Waals surface area contributed by atoms with E-state index < -0.39 is 17.4 Å². The van der Waals surface area contributed by atoms with Crippen molar-refractivity contribution in [2.75, 3.05) is 13.2 Å². The molecule has 0 N–H and O–H groups in total. The Labute approximate surface area is 214 Å². The number of hydrogen-bond donors (Lipinski definition) is 0. The molecule has 0 atom stereocenters. The van der Waals surface area contributed by atoms with Gasteiger partial charge in [0.2, 0.25) is 0 Å². The Morgan fingerprint density at radius 3 is 1.83 bits per heavy atom. The van der Waals surface area contributed by atoms with Crippen LogP contribution in [0.4, 0.5) is 0 Å². The lowest BCUT2D eigenvalue weighted by atomic mass is 9.80. The summed E-state index contributed by atoms with van der Waals surface area (Å²) in [6, 6.07) is 0. The van der Waals surface area contributed by atoms with E-state index in [9.17, 15) is 19.2 Å². The molecule has 0 unspecified atom stereocenters. The molecule has 2 aromatic rings. The van der Waals surface area contributed by atoms with E-state index in [-0.39, 0.29) is 37.6 Å². The summed E-state index contributed by atoms with van der Waals surface area (Å²) >= 11 is 2.77. The van der Waals surface area contributed by atoms with Crippen molar-refractivity contribution in [1.29, 1.82) is 0 Å². The van der Waals surface area contributed by atoms with Gasteiger partial charge in [-0.1, -0.05) is 13.8 Å². The number of carbonyl (C=O) groups excluding carboxylic acids is 4. The Morgan fingerprint density at radius 2 is 1.23 bits per heavy atom. The van der Waals surface area contributed by atoms with E-state index in [1.54, 1.807) is 13.8 Å². The molecule has 2 heterocycles. The van der Waals surface area contributed by atoms with Crippen molar-refractivity contribution in [2.24, 2.45) is 5.41 Å². The number of rotatable bonds is 10. The zero-order valence-electron chi connectivity index (χ0n) is 20.8. The molecule has 8 heteroatoms. The Kier molecular flexibility index (Phi) is 7.62. The average molecular weight is 517 g/mol. The molecule has 0 bridgehead atoms. The van der Waals surface area contributed by atoms with Crippen LogP contribution in [0.25, 0.3) is 0 Å². The Morgan fingerprint density at radius 1 is 0.714 bits per heavy atom. The van der Waals surface area contributed by atoms with Crippen LogP contribution in [0.1, 0.15) is 114 Å². The van der Waals surface area contributed by atoms with Gasteiger partial charge in [-0.05, 0) is 68.9 Å². The van der Waals surface area contributed by atoms with Crippen LogP contribution in [0.5, 0.6) is 0 Å². The summed E-state index contributed by atoms with van der Waals surface area (Å²) in [7, 11) is 0. The molecule has 6 nitrogen and oxygen atoms in total. The standard InChI is InChI=1S/C27H32O6S2/c1-5-32-25(30)22-16-10-8-12-20(16)34-23(22)18(29)14-27(3,4)13-17(28)21-15-9-7-11-19(15)35-24(21)26(31)33-6-2/h5-14H2,1-4H3. The van der Waals surface area contributed by atoms with E-state index in [1.807, 2.05) is 13.8 Å². The molecule has 2 aliphatic rings. The first-order chi connectivity index (χ1) is 16.7. The largest absolute Gasteiger partial charge is 0.462 e. The minimum absolute atomic E-state index is 0.121. The smallest absolute Gasteiger partial charge is 0.349 e. The van der Waals surface area contributed by atoms with E-state index in [1.165, 1.54) is 22.7 Å². The van der Waals surface area contributed by atoms with Gasteiger partial charge >= 0.3 is 11.9 Å². The lowest BCUT2D eigenvalue weighted by Gasteiger charge is -2.23. The lowest BCUT2D eigenvalue weighted by molar-refractivity contribution is 0.0517. The molecule has 0 fully saturated rings. The Balaban J connectivity index is 1.56. The van der Waals surface area contributed by atoms with Crippen LogP contribution in [-0.2, 0) is 35.2 Å². The van der Waals surface area contributed by atoms with Crippen molar-refractivity contribution < 1.29 is 28.7 Å². The highest BCUT2D eigenvalue weighted by Gasteiger charge is 2.36. The number of fused-ring (bicyclic) bond motifs is 2. The second-order valence-corrected chi connectivity index (χ2v) is 12.1. The maximum absolute atomic E-state index is 13.5. The van der Waals surface area contributed by atoms with E-state index in [2.05, 4.69) is 0 Å². The fraction of sp³-hybridized carbons (Fsp3) is 0.556. The quantitative estimate of drug-likeness (QED) is 0.284. The van der Waals surface area contributed by atoms with E-state index in [4.69, 9.17) is 9.47 Å². The zero-order chi connectivity index (χ0) is 25.3. The summed E-state index contributed by atoms with van der Waals surface area (Å²) in [5.41, 5.74) is 2.21. The summed E-state index contributed by atoms with van der Waals surface area (Å²) in [5.74, 6) is -1.13. The molecule has 0 radical (unpaired) electrons. The average Bonchev–Trinajstić information content (AvgIpc) is 3.52. The van der Waals surface area contributed by atoms with Gasteiger partial charge < -0.3 is 9.47 Å². The normalized spacial score (nSPS) is 14.5. The van der Waals surface area contributed by atoms with Crippen LogP contribution in [0.3, 0.4) is 0 Å². The maximum Gasteiger partial charge on any atom is 0.349 e. The maximum atomic E-state index is 13.5. The predicted octanol–water partition coefficient (Wildman–Crippen LogP) is 6.01. The number of aryl methyl sites for hydroxylation is 2. The first-order valence-electron chi connectivity index (χ1n) is 12.4. The summed E-state index contributed by atoms with van der Waals surface area (Å²) in [5, 5.41) is 0. The van der Waals surface area contributed by atoms with E-state index in [0.717, 1.165) is 59.4 Å². The zero-order valence-corrected chi connectivity index (χ0v) is 22.5. The molecule has 2 aliphatic carbocycles. The second-order valence-electron chi connectivity index (χ2n) is 9.93. The fourth-order valence-corrected chi connectivity index (χ4v) is 7.78. The van der Waals surface area contributed by atoms with Gasteiger partial charge in [0.15, 0.2) is 11.6 Å². The van der Waals surface area contributed by atoms with Crippen LogP contribution in [0.15, 0.2) is 0 Å². The van der Waals surface area contributed by atoms with Crippen LogP contribution < -0.4 is 0 Å². The Hall–Kier alpha value is -2.32. The third-order valence-corrected chi connectivity index (χ3v) is 9.20. The van der Waals surface area contributed by atoms with Crippen molar-refractivity contribution in [1.82, 2.24) is 0 Å². The van der Waals surface area contributed by atoms with Crippen LogP contribution in [0.2, 0.25) is 0 Å². The first-order valence-corrected chi connectivity index (χ1v) is 14.0. The molecule has 0 spiro atoms. The lowest BCUT2D eigenvalue weighted by Crippen LogP contribution is -2.23. The molecule has 0 amide bonds. The van der Waals surface area contributed by atoms with Gasteiger partial charge in [-0.2, -0.15) is 0 Å². The van der Waals surface area contributed by atoms with Crippen molar-refractivity contribution in [3.8, 4) is 0 Å². The molecular formula is C27H32O6S2. The van der Waals surface area contributed by atoms with Crippen LogP contribution >= 0.6 is 22.7 Å². The number of hydrogen-bond acceptors (Lipinski definition) is 8. The molecule has 188 valence electrons. The topological polar surface area (TPSA) is 86.7 Å². The number of Topliss-reactive ketones (excluding diaryl/α,β-unsaturated/α-hetero) is 2. The highest BCUT2D eigenvalue weighted by Crippen LogP contribution is 2.41. The molecule has 0 aliphatic heterocycles. The molecular weight excluding hydrogens is 484 g/mol. The van der Waals surface area contributed by atoms with E-state index >= 15 is 0 Å². The van der Waals surface area contributed by atoms with Gasteiger partial charge in [0.1, 0.15) is 4.88 Å². The minimum atomic E-state index is -0.645. The van der Waals surface area contributed by atoms with Crippen LogP contribution in [0, 0.1) is 5.41 Å². The predicted molar refractivity (Wildman–Crippen MR) is 136 cm³/mol. The van der Waals surface area contributed by atoms with Gasteiger partial charge in [-0.15, -0.1) is 22.7 Å². The second kappa shape index (κ2) is 10.3. The van der Waals surface area contributed by atoms with E-state index in [0.29, 0.717) is 20.9 Å². The van der Waals surface area contributed by atoms with Gasteiger partial charge in [-0.25, -0.2) is 9.59 Å². The molecule has 2 aromatic heterocycles. The molecule has 0 aromatic carbocycles. The molecule has 35 heavy (non-hydrogen) atoms. The molecule has 0 saturated carbocycles. The van der Waals surface area contributed by atoms with Crippen molar-refractivity contribution in [2.45, 2.75) is 79.1 Å². The van der Waals surface area contributed by atoms with Gasteiger partial charge in [0.25, 0.3) is 0 Å². The SMILES string of the molecule is CCOC(=O)c1sc2c(c1C(=O)CC(C)(C)CC(=O)c1sc3c(c1C(=O)OCC)CCC3)CCC2. The summed E-state index contributed by atoms with van der Waals surface area (Å²) in [4.78, 5) is 55.2. The molecule has 0 saturated heterocycles. The van der Waals surface area contributed by atoms with Crippen LogP contribution in [-0.4, -0.2) is 36.7 Å². The minimum Gasteiger partial charge on any atom is -0.462 e. The number of thiophene rings is 2. The van der Waals surface area contributed by atoms with Gasteiger partial charge in [0, 0.05) is 28.2 Å².